The molecule has 0 N–H and O–H groups in total. The zero-order chi connectivity index (χ0) is 33.0. The number of aromatic nitrogens is 4. The van der Waals surface area contributed by atoms with Crippen LogP contribution in [0.5, 0.6) is 0 Å². The highest BCUT2D eigenvalue weighted by Gasteiger charge is 2.19. The molecule has 0 saturated carbocycles. The molecule has 0 bridgehead atoms. The molecule has 0 aliphatic heterocycles. The molecular formula is C45H28N4O. The average molecular weight is 641 g/mol. The van der Waals surface area contributed by atoms with Gasteiger partial charge in [0.05, 0.1) is 16.6 Å². The summed E-state index contributed by atoms with van der Waals surface area (Å²) in [7, 11) is 0. The molecule has 7 aromatic carbocycles. The molecule has 0 amide bonds. The van der Waals surface area contributed by atoms with Gasteiger partial charge >= 0.3 is 0 Å². The molecule has 10 aromatic rings. The Balaban J connectivity index is 1.15. The largest absolute Gasteiger partial charge is 0.455 e. The number of hydrogen-bond acceptors (Lipinski definition) is 4. The summed E-state index contributed by atoms with van der Waals surface area (Å²) in [5.74, 6) is 1.80. The zero-order valence-electron chi connectivity index (χ0n) is 26.9. The van der Waals surface area contributed by atoms with E-state index < -0.39 is 0 Å². The fourth-order valence-electron chi connectivity index (χ4n) is 7.09. The van der Waals surface area contributed by atoms with Crippen LogP contribution in [0.1, 0.15) is 0 Å². The number of para-hydroxylation sites is 2. The Morgan fingerprint density at radius 3 is 1.70 bits per heavy atom. The molecule has 0 radical (unpaired) electrons. The van der Waals surface area contributed by atoms with Crippen LogP contribution in [0.25, 0.3) is 94.7 Å². The van der Waals surface area contributed by atoms with Gasteiger partial charge in [-0.2, -0.15) is 0 Å². The predicted molar refractivity (Wildman–Crippen MR) is 203 cm³/mol. The first kappa shape index (κ1) is 28.2. The normalized spacial score (nSPS) is 11.6. The van der Waals surface area contributed by atoms with Gasteiger partial charge in [0, 0.05) is 38.4 Å². The lowest BCUT2D eigenvalue weighted by molar-refractivity contribution is 0.669. The monoisotopic (exact) mass is 640 g/mol. The number of furan rings is 1. The summed E-state index contributed by atoms with van der Waals surface area (Å²) in [6.45, 7) is 0. The minimum absolute atomic E-state index is 0.569. The Hall–Kier alpha value is -6.85. The molecule has 234 valence electrons. The third-order valence-corrected chi connectivity index (χ3v) is 9.46. The van der Waals surface area contributed by atoms with E-state index in [1.165, 1.54) is 21.9 Å². The molecule has 3 aromatic heterocycles. The number of benzene rings is 7. The molecule has 0 atom stereocenters. The van der Waals surface area contributed by atoms with E-state index in [9.17, 15) is 0 Å². The lowest BCUT2D eigenvalue weighted by Crippen LogP contribution is -2.00. The van der Waals surface area contributed by atoms with Crippen LogP contribution in [0.15, 0.2) is 174 Å². The number of nitrogens with zero attached hydrogens (tertiary/aromatic N) is 4. The molecule has 5 nitrogen and oxygen atoms in total. The lowest BCUT2D eigenvalue weighted by Gasteiger charge is -2.09. The number of fused-ring (bicyclic) bond motifs is 6. The average Bonchev–Trinajstić information content (AvgIpc) is 3.74. The molecule has 10 rings (SSSR count). The van der Waals surface area contributed by atoms with Gasteiger partial charge in [-0.15, -0.1) is 0 Å². The van der Waals surface area contributed by atoms with Crippen molar-refractivity contribution in [2.45, 2.75) is 0 Å². The van der Waals surface area contributed by atoms with Crippen molar-refractivity contribution in [3.8, 4) is 51.0 Å². The number of hydrogen-bond donors (Lipinski definition) is 0. The Kier molecular flexibility index (Phi) is 6.42. The highest BCUT2D eigenvalue weighted by atomic mass is 16.3. The molecule has 0 fully saturated rings. The second kappa shape index (κ2) is 11.4. The van der Waals surface area contributed by atoms with Crippen molar-refractivity contribution in [3.05, 3.63) is 170 Å². The standard InChI is InChI=1S/C45H28N4O/c1-4-13-29(14-5-1)32-23-25-40-37(27-32)34-19-10-11-22-39(34)49(40)33-24-26-41-38(28-33)35-20-12-21-36(42(35)50-41)45-47-43(30-15-6-2-7-16-30)46-44(48-45)31-17-8-3-9-18-31/h1-28H. The summed E-state index contributed by atoms with van der Waals surface area (Å²) in [6.07, 6.45) is 0. The first-order valence-corrected chi connectivity index (χ1v) is 16.7. The van der Waals surface area contributed by atoms with Crippen molar-refractivity contribution in [1.82, 2.24) is 19.5 Å². The highest BCUT2D eigenvalue weighted by molar-refractivity contribution is 6.12. The fourth-order valence-corrected chi connectivity index (χ4v) is 7.09. The van der Waals surface area contributed by atoms with Gasteiger partial charge in [-0.1, -0.05) is 127 Å². The predicted octanol–water partition coefficient (Wildman–Crippen LogP) is 11.5. The summed E-state index contributed by atoms with van der Waals surface area (Å²) in [6, 6.07) is 58.7. The fraction of sp³-hybridized carbons (Fsp3) is 0. The molecule has 3 heterocycles. The third-order valence-electron chi connectivity index (χ3n) is 9.46. The van der Waals surface area contributed by atoms with E-state index in [1.54, 1.807) is 0 Å². The second-order valence-electron chi connectivity index (χ2n) is 12.5. The van der Waals surface area contributed by atoms with Gasteiger partial charge in [-0.3, -0.25) is 0 Å². The summed E-state index contributed by atoms with van der Waals surface area (Å²) in [5, 5.41) is 4.49. The van der Waals surface area contributed by atoms with Crippen LogP contribution in [-0.4, -0.2) is 19.5 Å². The third kappa shape index (κ3) is 4.60. The van der Waals surface area contributed by atoms with E-state index in [0.717, 1.165) is 55.3 Å². The Bertz CT molecular complexity index is 2800. The molecule has 0 aliphatic carbocycles. The topological polar surface area (TPSA) is 56.7 Å². The van der Waals surface area contributed by atoms with Crippen LogP contribution in [0.4, 0.5) is 0 Å². The Morgan fingerprint density at radius 1 is 0.380 bits per heavy atom. The summed E-state index contributed by atoms with van der Waals surface area (Å²) >= 11 is 0. The van der Waals surface area contributed by atoms with Crippen LogP contribution in [0, 0.1) is 0 Å². The smallest absolute Gasteiger partial charge is 0.167 e. The van der Waals surface area contributed by atoms with Crippen LogP contribution in [0.3, 0.4) is 0 Å². The molecule has 0 saturated heterocycles. The van der Waals surface area contributed by atoms with Gasteiger partial charge in [0.1, 0.15) is 11.2 Å². The van der Waals surface area contributed by atoms with Crippen molar-refractivity contribution in [1.29, 1.82) is 0 Å². The van der Waals surface area contributed by atoms with Gasteiger partial charge in [0.2, 0.25) is 0 Å². The van der Waals surface area contributed by atoms with E-state index in [2.05, 4.69) is 108 Å². The van der Waals surface area contributed by atoms with Crippen LogP contribution >= 0.6 is 0 Å². The first-order valence-electron chi connectivity index (χ1n) is 16.7. The second-order valence-corrected chi connectivity index (χ2v) is 12.5. The van der Waals surface area contributed by atoms with E-state index >= 15 is 0 Å². The quantitative estimate of drug-likeness (QED) is 0.188. The minimum atomic E-state index is 0.569. The summed E-state index contributed by atoms with van der Waals surface area (Å²) in [4.78, 5) is 14.9. The summed E-state index contributed by atoms with van der Waals surface area (Å²) < 4.78 is 8.98. The van der Waals surface area contributed by atoms with Gasteiger partial charge in [0.15, 0.2) is 17.5 Å². The maximum absolute atomic E-state index is 6.63. The van der Waals surface area contributed by atoms with Gasteiger partial charge < -0.3 is 8.98 Å². The van der Waals surface area contributed by atoms with Crippen molar-refractivity contribution in [2.75, 3.05) is 0 Å². The van der Waals surface area contributed by atoms with Crippen molar-refractivity contribution >= 4 is 43.7 Å². The molecule has 0 spiro atoms. The van der Waals surface area contributed by atoms with Crippen molar-refractivity contribution in [2.24, 2.45) is 0 Å². The lowest BCUT2D eigenvalue weighted by atomic mass is 10.0. The first-order chi connectivity index (χ1) is 24.8. The molecule has 5 heteroatoms. The van der Waals surface area contributed by atoms with E-state index in [4.69, 9.17) is 19.4 Å². The molecule has 0 unspecified atom stereocenters. The SMILES string of the molecule is c1ccc(-c2ccc3c(c2)c2ccccc2n3-c2ccc3oc4c(-c5nc(-c6ccccc6)nc(-c6ccccc6)n5)cccc4c3c2)cc1. The Labute approximate surface area is 287 Å². The molecule has 50 heavy (non-hydrogen) atoms. The molecular weight excluding hydrogens is 613 g/mol. The maximum Gasteiger partial charge on any atom is 0.167 e. The zero-order valence-corrected chi connectivity index (χ0v) is 26.9. The van der Waals surface area contributed by atoms with Crippen LogP contribution in [-0.2, 0) is 0 Å². The molecule has 0 aliphatic rings. The van der Waals surface area contributed by atoms with Gasteiger partial charge in [-0.25, -0.2) is 15.0 Å². The number of rotatable bonds is 5. The van der Waals surface area contributed by atoms with E-state index in [0.29, 0.717) is 17.5 Å². The minimum Gasteiger partial charge on any atom is -0.455 e. The maximum atomic E-state index is 6.63. The van der Waals surface area contributed by atoms with Crippen LogP contribution < -0.4 is 0 Å². The highest BCUT2D eigenvalue weighted by Crippen LogP contribution is 2.39. The van der Waals surface area contributed by atoms with Gasteiger partial charge in [-0.05, 0) is 53.6 Å². The van der Waals surface area contributed by atoms with Crippen LogP contribution in [0.2, 0.25) is 0 Å². The van der Waals surface area contributed by atoms with Gasteiger partial charge in [0.25, 0.3) is 0 Å². The van der Waals surface area contributed by atoms with E-state index in [1.807, 2.05) is 66.7 Å². The van der Waals surface area contributed by atoms with Crippen molar-refractivity contribution in [3.63, 3.8) is 0 Å². The Morgan fingerprint density at radius 2 is 0.980 bits per heavy atom. The summed E-state index contributed by atoms with van der Waals surface area (Å²) in [5.41, 5.74) is 10.0. The van der Waals surface area contributed by atoms with E-state index in [-0.39, 0.29) is 0 Å². The van der Waals surface area contributed by atoms with Crippen molar-refractivity contribution < 1.29 is 4.42 Å².